The van der Waals surface area contributed by atoms with E-state index < -0.39 is 25.1 Å². The van der Waals surface area contributed by atoms with Crippen molar-refractivity contribution >= 4 is 0 Å². The van der Waals surface area contributed by atoms with E-state index in [1.54, 1.807) is 24.3 Å². The maximum absolute atomic E-state index is 13.0. The van der Waals surface area contributed by atoms with E-state index in [1.165, 1.54) is 146 Å². The van der Waals surface area contributed by atoms with Crippen LogP contribution in [-0.2, 0) is 0 Å². The van der Waals surface area contributed by atoms with Gasteiger partial charge in [-0.25, -0.2) is 0 Å². The van der Waals surface area contributed by atoms with Crippen LogP contribution < -0.4 is 9.47 Å². The van der Waals surface area contributed by atoms with Gasteiger partial charge >= 0.3 is 25.1 Å². The summed E-state index contributed by atoms with van der Waals surface area (Å²) in [4.78, 5) is 0. The van der Waals surface area contributed by atoms with Gasteiger partial charge in [0.15, 0.2) is 0 Å². The Balaban J connectivity index is 0.000000224. The average molecular weight is 843 g/mol. The molecular weight excluding hydrogens is 773 g/mol. The summed E-state index contributed by atoms with van der Waals surface area (Å²) in [5.41, 5.74) is 2.18. The maximum atomic E-state index is 13.0. The van der Waals surface area contributed by atoms with Crippen LogP contribution in [0.2, 0.25) is 0 Å². The molecule has 6 rings (SSSR count). The lowest BCUT2D eigenvalue weighted by Gasteiger charge is -2.32. The van der Waals surface area contributed by atoms with E-state index in [4.69, 9.17) is 0 Å². The molecule has 2 aromatic carbocycles. The van der Waals surface area contributed by atoms with Crippen molar-refractivity contribution in [1.29, 1.82) is 0 Å². The van der Waals surface area contributed by atoms with E-state index in [2.05, 4.69) is 23.3 Å². The summed E-state index contributed by atoms with van der Waals surface area (Å²) >= 11 is 0. The lowest BCUT2D eigenvalue weighted by molar-refractivity contribution is -0.253. The SMILES string of the molecule is CCCC1CCC(CCC2CCC(c3ccc(OC(F)(F)C(F)F)cc3)CC2)CC1.CC[C@H]1CC[C@H](CC[C@H]2CC[C@H](c3ccc(OC(F)(F)C(F)F)cc3)CC2)CC1. The second kappa shape index (κ2) is 23.1. The first-order chi connectivity index (χ1) is 28.2. The van der Waals surface area contributed by atoms with Crippen molar-refractivity contribution < 1.29 is 44.6 Å². The number of halogens is 8. The molecule has 10 heteroatoms. The van der Waals surface area contributed by atoms with Crippen LogP contribution in [-0.4, -0.2) is 25.1 Å². The molecule has 0 unspecified atom stereocenters. The van der Waals surface area contributed by atoms with E-state index in [-0.39, 0.29) is 11.5 Å². The minimum absolute atomic E-state index is 0.216. The van der Waals surface area contributed by atoms with Gasteiger partial charge in [0.25, 0.3) is 0 Å². The highest BCUT2D eigenvalue weighted by molar-refractivity contribution is 5.31. The van der Waals surface area contributed by atoms with Crippen molar-refractivity contribution in [3.8, 4) is 11.5 Å². The Morgan fingerprint density at radius 1 is 0.424 bits per heavy atom. The molecule has 2 nitrogen and oxygen atoms in total. The quantitative estimate of drug-likeness (QED) is 0.148. The minimum Gasteiger partial charge on any atom is -0.428 e. The van der Waals surface area contributed by atoms with E-state index in [0.717, 1.165) is 72.3 Å². The number of hydrogen-bond donors (Lipinski definition) is 0. The van der Waals surface area contributed by atoms with Crippen LogP contribution in [0.4, 0.5) is 35.1 Å². The summed E-state index contributed by atoms with van der Waals surface area (Å²) in [5, 5.41) is 0. The lowest BCUT2D eigenvalue weighted by atomic mass is 9.74. The monoisotopic (exact) mass is 843 g/mol. The molecule has 0 bridgehead atoms. The van der Waals surface area contributed by atoms with Gasteiger partial charge in [0.2, 0.25) is 0 Å². The maximum Gasteiger partial charge on any atom is 0.461 e. The molecular formula is C49H70F8O2. The highest BCUT2D eigenvalue weighted by atomic mass is 19.3. The zero-order chi connectivity index (χ0) is 42.4. The van der Waals surface area contributed by atoms with Gasteiger partial charge in [-0.2, -0.15) is 35.1 Å². The van der Waals surface area contributed by atoms with Gasteiger partial charge in [-0.15, -0.1) is 0 Å². The van der Waals surface area contributed by atoms with Crippen LogP contribution in [0.1, 0.15) is 184 Å². The Bertz CT molecular complexity index is 1440. The van der Waals surface area contributed by atoms with Crippen molar-refractivity contribution in [1.82, 2.24) is 0 Å². The van der Waals surface area contributed by atoms with Crippen molar-refractivity contribution in [2.45, 2.75) is 198 Å². The molecule has 0 atom stereocenters. The van der Waals surface area contributed by atoms with Crippen LogP contribution in [0, 0.1) is 35.5 Å². The molecule has 59 heavy (non-hydrogen) atoms. The molecule has 0 amide bonds. The van der Waals surface area contributed by atoms with Crippen LogP contribution in [0.3, 0.4) is 0 Å². The first-order valence-electron chi connectivity index (χ1n) is 23.1. The molecule has 0 saturated heterocycles. The fraction of sp³-hybridized carbons (Fsp3) is 0.755. The van der Waals surface area contributed by atoms with Gasteiger partial charge in [-0.3, -0.25) is 0 Å². The first-order valence-corrected chi connectivity index (χ1v) is 23.1. The molecule has 4 fully saturated rings. The summed E-state index contributed by atoms with van der Waals surface area (Å²) in [7, 11) is 0. The largest absolute Gasteiger partial charge is 0.461 e. The zero-order valence-corrected chi connectivity index (χ0v) is 35.5. The molecule has 0 N–H and O–H groups in total. The van der Waals surface area contributed by atoms with Crippen LogP contribution in [0.15, 0.2) is 48.5 Å². The molecule has 0 aliphatic heterocycles. The highest BCUT2D eigenvalue weighted by Crippen LogP contribution is 2.43. The standard InChI is InChI=1S/C25H36F4O.C24H34F4O/c1-2-3-18-4-6-19(7-5-18)8-9-20-10-12-21(13-11-20)22-14-16-23(17-15-22)30-25(28,29)24(26)27;1-2-17-3-5-18(6-4-17)7-8-19-9-11-20(12-10-19)21-13-15-22(16-14-21)29-24(27,28)23(25)26/h14-21,24H,2-13H2,1H3;13-20,23H,2-12H2,1H3/t;17-,18-,19-,20-. The van der Waals surface area contributed by atoms with Crippen LogP contribution in [0.25, 0.3) is 0 Å². The molecule has 0 spiro atoms. The highest BCUT2D eigenvalue weighted by Gasteiger charge is 2.45. The summed E-state index contributed by atoms with van der Waals surface area (Å²) in [6, 6.07) is 12.5. The summed E-state index contributed by atoms with van der Waals surface area (Å²) in [5.74, 6) is 5.82. The first kappa shape index (κ1) is 47.5. The number of benzene rings is 2. The fourth-order valence-corrected chi connectivity index (χ4v) is 10.7. The van der Waals surface area contributed by atoms with E-state index in [0.29, 0.717) is 11.8 Å². The lowest BCUT2D eigenvalue weighted by Crippen LogP contribution is -2.33. The summed E-state index contributed by atoms with van der Waals surface area (Å²) in [6.07, 6.45) is 13.6. The van der Waals surface area contributed by atoms with Crippen molar-refractivity contribution in [3.05, 3.63) is 59.7 Å². The average Bonchev–Trinajstić information content (AvgIpc) is 3.24. The molecule has 4 aliphatic rings. The second-order valence-electron chi connectivity index (χ2n) is 18.6. The third kappa shape index (κ3) is 15.1. The van der Waals surface area contributed by atoms with Crippen LogP contribution in [0.5, 0.6) is 11.5 Å². The predicted octanol–water partition coefficient (Wildman–Crippen LogP) is 16.8. The number of rotatable bonds is 17. The summed E-state index contributed by atoms with van der Waals surface area (Å²) < 4.78 is 109. The molecule has 2 aromatic rings. The van der Waals surface area contributed by atoms with Crippen LogP contribution >= 0.6 is 0 Å². The predicted molar refractivity (Wildman–Crippen MR) is 220 cm³/mol. The number of alkyl halides is 8. The van der Waals surface area contributed by atoms with E-state index in [1.807, 2.05) is 0 Å². The van der Waals surface area contributed by atoms with Gasteiger partial charge in [-0.1, -0.05) is 134 Å². The van der Waals surface area contributed by atoms with Crippen molar-refractivity contribution in [2.24, 2.45) is 35.5 Å². The van der Waals surface area contributed by atoms with Gasteiger partial charge < -0.3 is 9.47 Å². The van der Waals surface area contributed by atoms with Gasteiger partial charge in [0.1, 0.15) is 11.5 Å². The number of hydrogen-bond acceptors (Lipinski definition) is 2. The Labute approximate surface area is 349 Å². The zero-order valence-electron chi connectivity index (χ0n) is 35.5. The smallest absolute Gasteiger partial charge is 0.428 e. The normalized spacial score (nSPS) is 28.2. The Morgan fingerprint density at radius 3 is 0.966 bits per heavy atom. The van der Waals surface area contributed by atoms with Crippen molar-refractivity contribution in [3.63, 3.8) is 0 Å². The molecule has 334 valence electrons. The molecule has 0 aromatic heterocycles. The summed E-state index contributed by atoms with van der Waals surface area (Å²) in [6.45, 7) is 4.60. The van der Waals surface area contributed by atoms with E-state index >= 15 is 0 Å². The second-order valence-corrected chi connectivity index (χ2v) is 18.6. The third-order valence-electron chi connectivity index (χ3n) is 14.6. The van der Waals surface area contributed by atoms with Gasteiger partial charge in [0.05, 0.1) is 0 Å². The Kier molecular flexibility index (Phi) is 18.6. The molecule has 0 heterocycles. The molecule has 4 saturated carbocycles. The van der Waals surface area contributed by atoms with Gasteiger partial charge in [-0.05, 0) is 134 Å². The topological polar surface area (TPSA) is 18.5 Å². The van der Waals surface area contributed by atoms with Crippen molar-refractivity contribution in [2.75, 3.05) is 0 Å². The Hall–Kier alpha value is -2.52. The van der Waals surface area contributed by atoms with E-state index in [9.17, 15) is 35.1 Å². The fourth-order valence-electron chi connectivity index (χ4n) is 10.7. The van der Waals surface area contributed by atoms with Gasteiger partial charge in [0, 0.05) is 0 Å². The Morgan fingerprint density at radius 2 is 0.695 bits per heavy atom. The molecule has 0 radical (unpaired) electrons. The third-order valence-corrected chi connectivity index (χ3v) is 14.6. The molecule has 4 aliphatic carbocycles. The number of ether oxygens (including phenoxy) is 2. The minimum atomic E-state index is -4.45.